The number of aliphatic hydroxyl groups is 5. The molecule has 2 rings (SSSR count). The van der Waals surface area contributed by atoms with Crippen molar-refractivity contribution in [3.05, 3.63) is 0 Å². The highest BCUT2D eigenvalue weighted by molar-refractivity contribution is 5.83. The summed E-state index contributed by atoms with van der Waals surface area (Å²) >= 11 is 0. The number of rotatable bonds is 5. The molecule has 2 fully saturated rings. The SMILES string of the molecule is C[C@H]1CC[C@@H]([C@](C)(O)CO[C@@H]2O[C@H](CO)[C@@H](O)[C@H](O)[C@H]2O)C(=O)C1. The molecule has 8 nitrogen and oxygen atoms in total. The van der Waals surface area contributed by atoms with E-state index in [4.69, 9.17) is 14.6 Å². The van der Waals surface area contributed by atoms with Crippen LogP contribution in [0.5, 0.6) is 0 Å². The van der Waals surface area contributed by atoms with Crippen molar-refractivity contribution < 1.29 is 39.8 Å². The summed E-state index contributed by atoms with van der Waals surface area (Å²) in [7, 11) is 0. The van der Waals surface area contributed by atoms with Crippen molar-refractivity contribution in [2.45, 2.75) is 69.4 Å². The second kappa shape index (κ2) is 7.74. The summed E-state index contributed by atoms with van der Waals surface area (Å²) in [5.41, 5.74) is -1.43. The molecule has 5 N–H and O–H groups in total. The van der Waals surface area contributed by atoms with Gasteiger partial charge in [0.25, 0.3) is 0 Å². The highest BCUT2D eigenvalue weighted by Crippen LogP contribution is 2.34. The number of Topliss-reactive ketones (excluding diaryl/α,β-unsaturated/α-hetero) is 1. The lowest BCUT2D eigenvalue weighted by molar-refractivity contribution is -0.309. The van der Waals surface area contributed by atoms with Crippen LogP contribution in [0.4, 0.5) is 0 Å². The Morgan fingerprint density at radius 2 is 1.88 bits per heavy atom. The lowest BCUT2D eigenvalue weighted by Crippen LogP contribution is -2.60. The molecule has 140 valence electrons. The van der Waals surface area contributed by atoms with Gasteiger partial charge in [0.15, 0.2) is 6.29 Å². The van der Waals surface area contributed by atoms with Crippen molar-refractivity contribution in [2.75, 3.05) is 13.2 Å². The van der Waals surface area contributed by atoms with Gasteiger partial charge in [0, 0.05) is 12.3 Å². The van der Waals surface area contributed by atoms with Crippen molar-refractivity contribution in [3.63, 3.8) is 0 Å². The molecule has 0 unspecified atom stereocenters. The maximum Gasteiger partial charge on any atom is 0.186 e. The van der Waals surface area contributed by atoms with E-state index in [-0.39, 0.29) is 12.4 Å². The molecule has 1 aliphatic heterocycles. The van der Waals surface area contributed by atoms with Crippen LogP contribution in [0.3, 0.4) is 0 Å². The van der Waals surface area contributed by atoms with E-state index in [9.17, 15) is 25.2 Å². The van der Waals surface area contributed by atoms with E-state index in [1.165, 1.54) is 6.92 Å². The third kappa shape index (κ3) is 4.13. The summed E-state index contributed by atoms with van der Waals surface area (Å²) in [5, 5.41) is 49.1. The van der Waals surface area contributed by atoms with E-state index in [2.05, 4.69) is 0 Å². The summed E-state index contributed by atoms with van der Waals surface area (Å²) < 4.78 is 10.6. The average Bonchev–Trinajstić information content (AvgIpc) is 2.51. The Kier molecular flexibility index (Phi) is 6.35. The van der Waals surface area contributed by atoms with Crippen LogP contribution in [0.15, 0.2) is 0 Å². The summed E-state index contributed by atoms with van der Waals surface area (Å²) in [6.45, 7) is 2.66. The summed E-state index contributed by atoms with van der Waals surface area (Å²) in [5.74, 6) is -0.273. The number of ether oxygens (including phenoxy) is 2. The lowest BCUT2D eigenvalue weighted by Gasteiger charge is -2.41. The van der Waals surface area contributed by atoms with Crippen molar-refractivity contribution >= 4 is 5.78 Å². The van der Waals surface area contributed by atoms with Crippen LogP contribution in [0.2, 0.25) is 0 Å². The first-order valence-corrected chi connectivity index (χ1v) is 8.34. The normalized spacial score (nSPS) is 43.5. The Morgan fingerprint density at radius 3 is 2.46 bits per heavy atom. The molecule has 8 heteroatoms. The lowest BCUT2D eigenvalue weighted by atomic mass is 9.74. The zero-order valence-corrected chi connectivity index (χ0v) is 14.0. The van der Waals surface area contributed by atoms with Gasteiger partial charge in [-0.15, -0.1) is 0 Å². The van der Waals surface area contributed by atoms with Gasteiger partial charge in [-0.2, -0.15) is 0 Å². The van der Waals surface area contributed by atoms with Crippen LogP contribution >= 0.6 is 0 Å². The second-order valence-corrected chi connectivity index (χ2v) is 7.27. The maximum absolute atomic E-state index is 12.2. The molecule has 1 aliphatic carbocycles. The first-order chi connectivity index (χ1) is 11.2. The Balaban J connectivity index is 1.96. The molecular weight excluding hydrogens is 320 g/mol. The van der Waals surface area contributed by atoms with Crippen molar-refractivity contribution in [1.82, 2.24) is 0 Å². The minimum atomic E-state index is -1.54. The molecule has 8 atom stereocenters. The van der Waals surface area contributed by atoms with Gasteiger partial charge in [-0.3, -0.25) is 4.79 Å². The molecule has 0 bridgehead atoms. The largest absolute Gasteiger partial charge is 0.394 e. The predicted molar refractivity (Wildman–Crippen MR) is 81.9 cm³/mol. The van der Waals surface area contributed by atoms with Crippen LogP contribution in [0.25, 0.3) is 0 Å². The molecular formula is C16H28O8. The number of aliphatic hydroxyl groups excluding tert-OH is 4. The van der Waals surface area contributed by atoms with Crippen molar-refractivity contribution in [1.29, 1.82) is 0 Å². The van der Waals surface area contributed by atoms with Gasteiger partial charge in [0.2, 0.25) is 0 Å². The number of hydrogen-bond acceptors (Lipinski definition) is 8. The molecule has 24 heavy (non-hydrogen) atoms. The Morgan fingerprint density at radius 1 is 1.21 bits per heavy atom. The third-order valence-corrected chi connectivity index (χ3v) is 5.03. The maximum atomic E-state index is 12.2. The Labute approximate surface area is 141 Å². The van der Waals surface area contributed by atoms with E-state index in [0.29, 0.717) is 18.8 Å². The van der Waals surface area contributed by atoms with Gasteiger partial charge in [0.1, 0.15) is 30.2 Å². The van der Waals surface area contributed by atoms with Gasteiger partial charge in [-0.05, 0) is 25.7 Å². The molecule has 0 radical (unpaired) electrons. The van der Waals surface area contributed by atoms with Crippen LogP contribution in [0.1, 0.15) is 33.1 Å². The van der Waals surface area contributed by atoms with Gasteiger partial charge in [-0.25, -0.2) is 0 Å². The zero-order valence-electron chi connectivity index (χ0n) is 14.0. The monoisotopic (exact) mass is 348 g/mol. The summed E-state index contributed by atoms with van der Waals surface area (Å²) in [4.78, 5) is 12.2. The quantitative estimate of drug-likeness (QED) is 0.407. The molecule has 0 aromatic rings. The minimum absolute atomic E-state index is 0.0175. The van der Waals surface area contributed by atoms with Crippen LogP contribution in [0, 0.1) is 11.8 Å². The topological polar surface area (TPSA) is 137 Å². The molecule has 0 aromatic carbocycles. The summed E-state index contributed by atoms with van der Waals surface area (Å²) in [6.07, 6.45) is -5.10. The van der Waals surface area contributed by atoms with E-state index < -0.39 is 48.8 Å². The van der Waals surface area contributed by atoms with Crippen molar-refractivity contribution in [3.8, 4) is 0 Å². The fraction of sp³-hybridized carbons (Fsp3) is 0.938. The molecule has 0 amide bonds. The second-order valence-electron chi connectivity index (χ2n) is 7.27. The van der Waals surface area contributed by atoms with E-state index >= 15 is 0 Å². The predicted octanol–water partition coefficient (Wildman–Crippen LogP) is -1.44. The molecule has 2 aliphatic rings. The number of ketones is 1. The first-order valence-electron chi connectivity index (χ1n) is 8.34. The minimum Gasteiger partial charge on any atom is -0.394 e. The van der Waals surface area contributed by atoms with Gasteiger partial charge >= 0.3 is 0 Å². The Hall–Kier alpha value is -0.610. The highest BCUT2D eigenvalue weighted by Gasteiger charge is 2.46. The average molecular weight is 348 g/mol. The molecule has 0 spiro atoms. The van der Waals surface area contributed by atoms with Crippen LogP contribution < -0.4 is 0 Å². The van der Waals surface area contributed by atoms with Crippen LogP contribution in [-0.4, -0.2) is 80.8 Å². The smallest absolute Gasteiger partial charge is 0.186 e. The first kappa shape index (κ1) is 19.7. The molecule has 1 heterocycles. The van der Waals surface area contributed by atoms with Crippen molar-refractivity contribution in [2.24, 2.45) is 11.8 Å². The number of carbonyl (C=O) groups excluding carboxylic acids is 1. The van der Waals surface area contributed by atoms with Gasteiger partial charge < -0.3 is 35.0 Å². The molecule has 0 aromatic heterocycles. The zero-order chi connectivity index (χ0) is 18.1. The van der Waals surface area contributed by atoms with Gasteiger partial charge in [0.05, 0.1) is 18.8 Å². The van der Waals surface area contributed by atoms with E-state index in [0.717, 1.165) is 6.42 Å². The van der Waals surface area contributed by atoms with Gasteiger partial charge in [-0.1, -0.05) is 6.92 Å². The van der Waals surface area contributed by atoms with E-state index in [1.807, 2.05) is 6.92 Å². The number of carbonyl (C=O) groups is 1. The molecule has 1 saturated carbocycles. The fourth-order valence-electron chi connectivity index (χ4n) is 3.41. The highest BCUT2D eigenvalue weighted by atomic mass is 16.7. The number of hydrogen-bond donors (Lipinski definition) is 5. The third-order valence-electron chi connectivity index (χ3n) is 5.03. The molecule has 1 saturated heterocycles. The fourth-order valence-corrected chi connectivity index (χ4v) is 3.41. The standard InChI is InChI=1S/C16H28O8/c1-8-3-4-9(10(18)5-8)16(2,22)7-23-15-14(21)13(20)12(19)11(6-17)24-15/h8-9,11-15,17,19-22H,3-7H2,1-2H3/t8-,9+,11+,12+,13-,14+,15+,16+/m0/s1. The van der Waals surface area contributed by atoms with Crippen LogP contribution in [-0.2, 0) is 14.3 Å². The Bertz CT molecular complexity index is 438. The van der Waals surface area contributed by atoms with E-state index in [1.54, 1.807) is 0 Å². The summed E-state index contributed by atoms with van der Waals surface area (Å²) in [6, 6.07) is 0.